The summed E-state index contributed by atoms with van der Waals surface area (Å²) in [6, 6.07) is 10.9. The lowest BCUT2D eigenvalue weighted by molar-refractivity contribution is 0.469. The van der Waals surface area contributed by atoms with Crippen LogP contribution in [-0.4, -0.2) is 5.11 Å². The van der Waals surface area contributed by atoms with E-state index in [1.807, 2.05) is 18.2 Å². The maximum absolute atomic E-state index is 9.72. The summed E-state index contributed by atoms with van der Waals surface area (Å²) < 4.78 is 1.95. The zero-order valence-corrected chi connectivity index (χ0v) is 13.2. The molecule has 2 aromatic rings. The Labute approximate surface area is 127 Å². The number of rotatable bonds is 3. The molecule has 0 heterocycles. The van der Waals surface area contributed by atoms with E-state index in [0.29, 0.717) is 11.6 Å². The Morgan fingerprint density at radius 3 is 2.67 bits per heavy atom. The van der Waals surface area contributed by atoms with E-state index in [2.05, 4.69) is 37.2 Å². The van der Waals surface area contributed by atoms with Gasteiger partial charge in [0.15, 0.2) is 0 Å². The molecule has 0 fully saturated rings. The van der Waals surface area contributed by atoms with Gasteiger partial charge in [0.1, 0.15) is 5.75 Å². The number of halogens is 3. The van der Waals surface area contributed by atoms with E-state index in [0.717, 1.165) is 20.2 Å². The molecule has 2 rings (SSSR count). The highest BCUT2D eigenvalue weighted by Gasteiger charge is 2.04. The van der Waals surface area contributed by atoms with Gasteiger partial charge in [-0.1, -0.05) is 27.5 Å². The first kappa shape index (κ1) is 13.7. The van der Waals surface area contributed by atoms with Crippen molar-refractivity contribution < 1.29 is 5.11 Å². The summed E-state index contributed by atoms with van der Waals surface area (Å²) in [5.41, 5.74) is 1.71. The smallest absolute Gasteiger partial charge is 0.120 e. The molecule has 2 N–H and O–H groups in total. The summed E-state index contributed by atoms with van der Waals surface area (Å²) >= 11 is 12.8. The number of phenols is 1. The highest BCUT2D eigenvalue weighted by Crippen LogP contribution is 2.28. The second-order valence-corrected chi connectivity index (χ2v) is 5.96. The molecule has 0 aromatic heterocycles. The molecule has 0 saturated heterocycles. The van der Waals surface area contributed by atoms with Crippen molar-refractivity contribution in [2.24, 2.45) is 0 Å². The van der Waals surface area contributed by atoms with Crippen molar-refractivity contribution in [3.05, 3.63) is 55.9 Å². The van der Waals surface area contributed by atoms with Gasteiger partial charge in [0.25, 0.3) is 0 Å². The fourth-order valence-electron chi connectivity index (χ4n) is 1.52. The fraction of sp³-hybridized carbons (Fsp3) is 0.0769. The topological polar surface area (TPSA) is 32.3 Å². The summed E-state index contributed by atoms with van der Waals surface area (Å²) in [5.74, 6) is 0.234. The molecule has 2 nitrogen and oxygen atoms in total. The number of benzene rings is 2. The van der Waals surface area contributed by atoms with E-state index in [1.165, 1.54) is 0 Å². The van der Waals surface area contributed by atoms with Crippen molar-refractivity contribution in [3.8, 4) is 5.75 Å². The third-order valence-corrected chi connectivity index (χ3v) is 3.86. The monoisotopic (exact) mass is 389 g/mol. The van der Waals surface area contributed by atoms with Crippen LogP contribution >= 0.6 is 43.5 Å². The predicted octanol–water partition coefficient (Wildman–Crippen LogP) is 5.18. The van der Waals surface area contributed by atoms with Crippen molar-refractivity contribution in [1.29, 1.82) is 0 Å². The van der Waals surface area contributed by atoms with Crippen molar-refractivity contribution in [2.45, 2.75) is 6.54 Å². The van der Waals surface area contributed by atoms with Crippen LogP contribution < -0.4 is 5.32 Å². The number of anilines is 1. The lowest BCUT2D eigenvalue weighted by Gasteiger charge is -2.10. The number of aromatic hydroxyl groups is 1. The van der Waals surface area contributed by atoms with E-state index in [1.54, 1.807) is 18.2 Å². The third-order valence-electron chi connectivity index (χ3n) is 2.44. The molecular weight excluding hydrogens is 381 g/mol. The van der Waals surface area contributed by atoms with Crippen LogP contribution in [0.15, 0.2) is 45.3 Å². The van der Waals surface area contributed by atoms with Gasteiger partial charge in [0, 0.05) is 31.8 Å². The molecule has 2 aromatic carbocycles. The first-order chi connectivity index (χ1) is 8.56. The first-order valence-electron chi connectivity index (χ1n) is 5.22. The Morgan fingerprint density at radius 1 is 1.11 bits per heavy atom. The predicted molar refractivity (Wildman–Crippen MR) is 82.3 cm³/mol. The summed E-state index contributed by atoms with van der Waals surface area (Å²) in [5, 5.41) is 13.6. The average Bonchev–Trinajstić information content (AvgIpc) is 2.34. The lowest BCUT2D eigenvalue weighted by atomic mass is 10.2. The van der Waals surface area contributed by atoms with Crippen molar-refractivity contribution >= 4 is 49.1 Å². The Morgan fingerprint density at radius 2 is 1.89 bits per heavy atom. The molecule has 18 heavy (non-hydrogen) atoms. The molecule has 0 aliphatic heterocycles. The minimum absolute atomic E-state index is 0.234. The fourth-order valence-corrected chi connectivity index (χ4v) is 2.46. The van der Waals surface area contributed by atoms with Crippen LogP contribution in [0.4, 0.5) is 5.69 Å². The molecule has 0 radical (unpaired) electrons. The first-order valence-corrected chi connectivity index (χ1v) is 7.19. The third kappa shape index (κ3) is 3.40. The summed E-state index contributed by atoms with van der Waals surface area (Å²) in [6.07, 6.45) is 0. The van der Waals surface area contributed by atoms with Gasteiger partial charge in [-0.25, -0.2) is 0 Å². The average molecular weight is 391 g/mol. The van der Waals surface area contributed by atoms with Gasteiger partial charge in [-0.15, -0.1) is 0 Å². The molecule has 0 saturated carbocycles. The van der Waals surface area contributed by atoms with E-state index in [9.17, 15) is 5.11 Å². The van der Waals surface area contributed by atoms with E-state index >= 15 is 0 Å². The van der Waals surface area contributed by atoms with Crippen LogP contribution in [0.2, 0.25) is 5.02 Å². The van der Waals surface area contributed by atoms with Crippen LogP contribution in [0.5, 0.6) is 5.75 Å². The quantitative estimate of drug-likeness (QED) is 0.755. The second kappa shape index (κ2) is 5.95. The number of hydrogen-bond acceptors (Lipinski definition) is 2. The van der Waals surface area contributed by atoms with Crippen LogP contribution in [0.25, 0.3) is 0 Å². The molecule has 0 unspecified atom stereocenters. The van der Waals surface area contributed by atoms with Crippen LogP contribution in [-0.2, 0) is 6.54 Å². The zero-order valence-electron chi connectivity index (χ0n) is 9.25. The Hall–Kier alpha value is -0.710. The number of phenolic OH excluding ortho intramolecular Hbond substituents is 1. The van der Waals surface area contributed by atoms with E-state index < -0.39 is 0 Å². The summed E-state index contributed by atoms with van der Waals surface area (Å²) in [7, 11) is 0. The zero-order chi connectivity index (χ0) is 13.1. The van der Waals surface area contributed by atoms with Gasteiger partial charge in [-0.05, 0) is 52.3 Å². The van der Waals surface area contributed by atoms with E-state index in [-0.39, 0.29) is 5.75 Å². The standard InChI is InChI=1S/C13H10Br2ClNO/c14-9-1-3-11(15)12(6-9)17-7-8-5-10(16)2-4-13(8)18/h1-6,17-18H,7H2. The molecule has 0 spiro atoms. The molecular formula is C13H10Br2ClNO. The largest absolute Gasteiger partial charge is 0.508 e. The Kier molecular flexibility index (Phi) is 4.54. The number of nitrogens with one attached hydrogen (secondary N) is 1. The van der Waals surface area contributed by atoms with Crippen LogP contribution in [0, 0.1) is 0 Å². The molecule has 0 aliphatic carbocycles. The number of hydrogen-bond donors (Lipinski definition) is 2. The van der Waals surface area contributed by atoms with Gasteiger partial charge in [-0.2, -0.15) is 0 Å². The van der Waals surface area contributed by atoms with Gasteiger partial charge in [0.2, 0.25) is 0 Å². The van der Waals surface area contributed by atoms with Gasteiger partial charge in [-0.3, -0.25) is 0 Å². The minimum Gasteiger partial charge on any atom is -0.508 e. The molecule has 0 aliphatic rings. The molecule has 5 heteroatoms. The maximum atomic E-state index is 9.72. The highest BCUT2D eigenvalue weighted by atomic mass is 79.9. The second-order valence-electron chi connectivity index (χ2n) is 3.75. The van der Waals surface area contributed by atoms with Crippen LogP contribution in [0.1, 0.15) is 5.56 Å². The highest BCUT2D eigenvalue weighted by molar-refractivity contribution is 9.11. The van der Waals surface area contributed by atoms with Gasteiger partial charge < -0.3 is 10.4 Å². The SMILES string of the molecule is Oc1ccc(Cl)cc1CNc1cc(Br)ccc1Br. The van der Waals surface area contributed by atoms with Crippen molar-refractivity contribution in [1.82, 2.24) is 0 Å². The molecule has 0 amide bonds. The lowest BCUT2D eigenvalue weighted by Crippen LogP contribution is -2.00. The Balaban J connectivity index is 2.16. The molecule has 94 valence electrons. The van der Waals surface area contributed by atoms with Gasteiger partial charge >= 0.3 is 0 Å². The molecule has 0 atom stereocenters. The maximum Gasteiger partial charge on any atom is 0.120 e. The van der Waals surface area contributed by atoms with Crippen molar-refractivity contribution in [3.63, 3.8) is 0 Å². The summed E-state index contributed by atoms with van der Waals surface area (Å²) in [4.78, 5) is 0. The van der Waals surface area contributed by atoms with E-state index in [4.69, 9.17) is 11.6 Å². The molecule has 0 bridgehead atoms. The van der Waals surface area contributed by atoms with Crippen LogP contribution in [0.3, 0.4) is 0 Å². The van der Waals surface area contributed by atoms with Gasteiger partial charge in [0.05, 0.1) is 0 Å². The van der Waals surface area contributed by atoms with Crippen molar-refractivity contribution in [2.75, 3.05) is 5.32 Å². The normalized spacial score (nSPS) is 10.4. The minimum atomic E-state index is 0.234. The summed E-state index contributed by atoms with van der Waals surface area (Å²) in [6.45, 7) is 0.501. The Bertz CT molecular complexity index is 523.